The molecule has 1 fully saturated rings. The predicted octanol–water partition coefficient (Wildman–Crippen LogP) is 1.46. The minimum atomic E-state index is -3.83. The second-order valence-electron chi connectivity index (χ2n) is 4.24. The number of rotatable bonds is 2. The van der Waals surface area contributed by atoms with E-state index in [1.165, 1.54) is 10.4 Å². The van der Waals surface area contributed by atoms with Crippen molar-refractivity contribution in [3.63, 3.8) is 0 Å². The van der Waals surface area contributed by atoms with Crippen molar-refractivity contribution in [2.24, 2.45) is 0 Å². The Morgan fingerprint density at radius 3 is 2.89 bits per heavy atom. The summed E-state index contributed by atoms with van der Waals surface area (Å²) in [5.41, 5.74) is 0. The maximum Gasteiger partial charge on any atom is 0.246 e. The molecule has 1 unspecified atom stereocenters. The van der Waals surface area contributed by atoms with Crippen LogP contribution < -0.4 is 5.32 Å². The molecule has 1 atom stereocenters. The molecule has 1 aliphatic rings. The average molecular weight is 293 g/mol. The summed E-state index contributed by atoms with van der Waals surface area (Å²) in [5, 5.41) is 3.29. The fourth-order valence-corrected chi connectivity index (χ4v) is 3.94. The molecule has 100 valence electrons. The highest BCUT2D eigenvalue weighted by Gasteiger charge is 2.32. The second kappa shape index (κ2) is 5.13. The molecule has 0 bridgehead atoms. The van der Waals surface area contributed by atoms with Crippen LogP contribution in [0.1, 0.15) is 6.92 Å². The Kier molecular flexibility index (Phi) is 3.91. The molecule has 2 rings (SSSR count). The van der Waals surface area contributed by atoms with Crippen molar-refractivity contribution in [1.29, 1.82) is 0 Å². The summed E-state index contributed by atoms with van der Waals surface area (Å²) in [6.45, 7) is 3.23. The highest BCUT2D eigenvalue weighted by atomic mass is 35.5. The van der Waals surface area contributed by atoms with Gasteiger partial charge in [0.25, 0.3) is 0 Å². The number of benzene rings is 1. The number of sulfonamides is 1. The van der Waals surface area contributed by atoms with E-state index < -0.39 is 15.8 Å². The van der Waals surface area contributed by atoms with E-state index in [1.54, 1.807) is 6.92 Å². The van der Waals surface area contributed by atoms with Crippen molar-refractivity contribution >= 4 is 21.6 Å². The highest BCUT2D eigenvalue weighted by Crippen LogP contribution is 2.24. The van der Waals surface area contributed by atoms with Crippen molar-refractivity contribution in [3.05, 3.63) is 29.0 Å². The molecule has 1 aromatic carbocycles. The van der Waals surface area contributed by atoms with Gasteiger partial charge in [-0.1, -0.05) is 11.6 Å². The fourth-order valence-electron chi connectivity index (χ4n) is 1.98. The fraction of sp³-hybridized carbons (Fsp3) is 0.455. The van der Waals surface area contributed by atoms with Crippen molar-refractivity contribution in [2.75, 3.05) is 19.6 Å². The van der Waals surface area contributed by atoms with Gasteiger partial charge in [0.1, 0.15) is 10.7 Å². The first-order valence-corrected chi connectivity index (χ1v) is 7.42. The first kappa shape index (κ1) is 13.7. The number of hydrogen-bond donors (Lipinski definition) is 1. The van der Waals surface area contributed by atoms with Gasteiger partial charge in [0.2, 0.25) is 10.0 Å². The van der Waals surface area contributed by atoms with Crippen molar-refractivity contribution in [2.45, 2.75) is 17.9 Å². The third-order valence-corrected chi connectivity index (χ3v) is 5.18. The number of nitrogens with one attached hydrogen (secondary N) is 1. The molecule has 0 radical (unpaired) electrons. The van der Waals surface area contributed by atoms with Gasteiger partial charge in [-0.05, 0) is 25.1 Å². The monoisotopic (exact) mass is 292 g/mol. The van der Waals surface area contributed by atoms with E-state index in [9.17, 15) is 12.8 Å². The molecule has 1 aliphatic heterocycles. The maximum atomic E-state index is 13.7. The largest absolute Gasteiger partial charge is 0.314 e. The van der Waals surface area contributed by atoms with Crippen LogP contribution in [-0.2, 0) is 10.0 Å². The van der Waals surface area contributed by atoms with Crippen molar-refractivity contribution in [3.8, 4) is 0 Å². The van der Waals surface area contributed by atoms with Gasteiger partial charge in [-0.3, -0.25) is 0 Å². The Hall–Kier alpha value is -0.690. The van der Waals surface area contributed by atoms with Crippen molar-refractivity contribution in [1.82, 2.24) is 9.62 Å². The Morgan fingerprint density at radius 2 is 2.22 bits per heavy atom. The molecule has 0 aromatic heterocycles. The number of halogens is 2. The normalized spacial score (nSPS) is 22.1. The Bertz CT molecular complexity index is 550. The minimum absolute atomic E-state index is 0.206. The van der Waals surface area contributed by atoms with Crippen LogP contribution in [0.2, 0.25) is 5.02 Å². The second-order valence-corrected chi connectivity index (χ2v) is 6.54. The zero-order chi connectivity index (χ0) is 13.3. The first-order valence-electron chi connectivity index (χ1n) is 5.60. The molecule has 0 amide bonds. The lowest BCUT2D eigenvalue weighted by atomic mass is 10.3. The molecular weight excluding hydrogens is 279 g/mol. The van der Waals surface area contributed by atoms with Gasteiger partial charge >= 0.3 is 0 Å². The van der Waals surface area contributed by atoms with Crippen LogP contribution in [0.15, 0.2) is 23.1 Å². The molecule has 0 saturated carbocycles. The zero-order valence-electron chi connectivity index (χ0n) is 9.86. The number of hydrogen-bond acceptors (Lipinski definition) is 3. The van der Waals surface area contributed by atoms with Crippen LogP contribution in [0.25, 0.3) is 0 Å². The SMILES string of the molecule is CC1CNCCN1S(=O)(=O)c1cc(Cl)ccc1F. The lowest BCUT2D eigenvalue weighted by molar-refractivity contribution is 0.283. The molecule has 0 aliphatic carbocycles. The molecule has 1 saturated heterocycles. The standard InChI is InChI=1S/C11H14ClFN2O2S/c1-8-7-14-4-5-15(8)18(16,17)11-6-9(12)2-3-10(11)13/h2-3,6,8,14H,4-5,7H2,1H3. The molecule has 1 heterocycles. The molecule has 1 N–H and O–H groups in total. The average Bonchev–Trinajstić information content (AvgIpc) is 2.32. The Balaban J connectivity index is 2.44. The summed E-state index contributed by atoms with van der Waals surface area (Å²) in [4.78, 5) is -0.358. The lowest BCUT2D eigenvalue weighted by Crippen LogP contribution is -2.52. The van der Waals surface area contributed by atoms with Crippen molar-refractivity contribution < 1.29 is 12.8 Å². The van der Waals surface area contributed by atoms with Gasteiger partial charge in [0, 0.05) is 30.7 Å². The summed E-state index contributed by atoms with van der Waals surface area (Å²) in [6, 6.07) is 3.35. The molecule has 18 heavy (non-hydrogen) atoms. The summed E-state index contributed by atoms with van der Waals surface area (Å²) in [7, 11) is -3.83. The Morgan fingerprint density at radius 1 is 1.50 bits per heavy atom. The first-order chi connectivity index (χ1) is 8.43. The van der Waals surface area contributed by atoms with Crippen LogP contribution >= 0.6 is 11.6 Å². The van der Waals surface area contributed by atoms with E-state index >= 15 is 0 Å². The van der Waals surface area contributed by atoms with Crippen LogP contribution in [0.4, 0.5) is 4.39 Å². The zero-order valence-corrected chi connectivity index (χ0v) is 11.4. The van der Waals surface area contributed by atoms with Crippen LogP contribution in [-0.4, -0.2) is 38.4 Å². The molecule has 4 nitrogen and oxygen atoms in total. The maximum absolute atomic E-state index is 13.7. The van der Waals surface area contributed by atoms with Gasteiger partial charge in [0.05, 0.1) is 0 Å². The summed E-state index contributed by atoms with van der Waals surface area (Å²) in [6.07, 6.45) is 0. The Labute approximate surface area is 111 Å². The van der Waals surface area contributed by atoms with Gasteiger partial charge < -0.3 is 5.32 Å². The summed E-state index contributed by atoms with van der Waals surface area (Å²) < 4.78 is 39.7. The van der Waals surface area contributed by atoms with E-state index in [-0.39, 0.29) is 16.0 Å². The van der Waals surface area contributed by atoms with Gasteiger partial charge in [-0.25, -0.2) is 12.8 Å². The highest BCUT2D eigenvalue weighted by molar-refractivity contribution is 7.89. The van der Waals surface area contributed by atoms with Crippen LogP contribution in [0.5, 0.6) is 0 Å². The van der Waals surface area contributed by atoms with Gasteiger partial charge in [0.15, 0.2) is 0 Å². The lowest BCUT2D eigenvalue weighted by Gasteiger charge is -2.32. The van der Waals surface area contributed by atoms with Gasteiger partial charge in [-0.2, -0.15) is 4.31 Å². The summed E-state index contributed by atoms with van der Waals surface area (Å²) in [5.74, 6) is -0.773. The molecular formula is C11H14ClFN2O2S. The van der Waals surface area contributed by atoms with Crippen LogP contribution in [0, 0.1) is 5.82 Å². The molecule has 1 aromatic rings. The van der Waals surface area contributed by atoms with E-state index in [1.807, 2.05) is 0 Å². The number of nitrogens with zero attached hydrogens (tertiary/aromatic N) is 1. The summed E-state index contributed by atoms with van der Waals surface area (Å²) >= 11 is 5.74. The number of piperazine rings is 1. The van der Waals surface area contributed by atoms with E-state index in [4.69, 9.17) is 11.6 Å². The van der Waals surface area contributed by atoms with E-state index in [0.717, 1.165) is 12.1 Å². The quantitative estimate of drug-likeness (QED) is 0.898. The van der Waals surface area contributed by atoms with E-state index in [0.29, 0.717) is 19.6 Å². The smallest absolute Gasteiger partial charge is 0.246 e. The van der Waals surface area contributed by atoms with Gasteiger partial charge in [-0.15, -0.1) is 0 Å². The molecule has 7 heteroatoms. The minimum Gasteiger partial charge on any atom is -0.314 e. The topological polar surface area (TPSA) is 49.4 Å². The third-order valence-electron chi connectivity index (χ3n) is 2.92. The van der Waals surface area contributed by atoms with Crippen LogP contribution in [0.3, 0.4) is 0 Å². The molecule has 0 spiro atoms. The van der Waals surface area contributed by atoms with E-state index in [2.05, 4.69) is 5.32 Å². The third kappa shape index (κ3) is 2.51. The predicted molar refractivity (Wildman–Crippen MR) is 67.6 cm³/mol.